The first-order chi connectivity index (χ1) is 7.29. The molecule has 1 fully saturated rings. The lowest BCUT2D eigenvalue weighted by Gasteiger charge is -2.04. The lowest BCUT2D eigenvalue weighted by molar-refractivity contribution is 0.104. The van der Waals surface area contributed by atoms with Crippen molar-refractivity contribution in [1.29, 1.82) is 0 Å². The van der Waals surface area contributed by atoms with Crippen molar-refractivity contribution >= 4 is 0 Å². The van der Waals surface area contributed by atoms with Gasteiger partial charge in [0.15, 0.2) is 5.82 Å². The van der Waals surface area contributed by atoms with E-state index in [-0.39, 0.29) is 12.7 Å². The van der Waals surface area contributed by atoms with Crippen molar-refractivity contribution in [1.82, 2.24) is 10.1 Å². The molecule has 1 aliphatic heterocycles. The molecule has 2 unspecified atom stereocenters. The van der Waals surface area contributed by atoms with Crippen LogP contribution in [-0.2, 0) is 11.2 Å². The smallest absolute Gasteiger partial charge is 0.229 e. The van der Waals surface area contributed by atoms with Crippen molar-refractivity contribution in [2.75, 3.05) is 13.2 Å². The zero-order valence-corrected chi connectivity index (χ0v) is 8.43. The fourth-order valence-electron chi connectivity index (χ4n) is 1.58. The summed E-state index contributed by atoms with van der Waals surface area (Å²) in [5.74, 6) is 0.881. The average Bonchev–Trinajstić information content (AvgIpc) is 2.88. The van der Waals surface area contributed by atoms with Crippen LogP contribution in [0.25, 0.3) is 0 Å². The highest BCUT2D eigenvalue weighted by Crippen LogP contribution is 2.16. The molecule has 1 aliphatic rings. The highest BCUT2D eigenvalue weighted by molar-refractivity contribution is 4.94. The first-order valence-corrected chi connectivity index (χ1v) is 5.10. The number of nitrogens with two attached hydrogens (primary N) is 1. The predicted octanol–water partition coefficient (Wildman–Crippen LogP) is -0.217. The summed E-state index contributed by atoms with van der Waals surface area (Å²) in [4.78, 5) is 4.10. The molecule has 84 valence electrons. The maximum absolute atomic E-state index is 8.81. The summed E-state index contributed by atoms with van der Waals surface area (Å²) in [7, 11) is 0. The van der Waals surface area contributed by atoms with Crippen LogP contribution in [0.4, 0.5) is 0 Å². The Kier molecular flexibility index (Phi) is 3.30. The number of aliphatic hydroxyl groups excluding tert-OH is 1. The number of aromatic nitrogens is 2. The highest BCUT2D eigenvalue weighted by atomic mass is 16.5. The molecule has 2 atom stereocenters. The van der Waals surface area contributed by atoms with Crippen molar-refractivity contribution in [2.24, 2.45) is 5.73 Å². The van der Waals surface area contributed by atoms with Crippen LogP contribution in [0.5, 0.6) is 0 Å². The molecular formula is C9H15N3O3. The number of aliphatic hydroxyl groups is 1. The Hall–Kier alpha value is -0.980. The van der Waals surface area contributed by atoms with Gasteiger partial charge in [0, 0.05) is 6.61 Å². The van der Waals surface area contributed by atoms with Gasteiger partial charge in [-0.25, -0.2) is 0 Å². The van der Waals surface area contributed by atoms with E-state index in [1.807, 2.05) is 0 Å². The molecule has 2 rings (SSSR count). The molecule has 2 heterocycles. The van der Waals surface area contributed by atoms with Crippen LogP contribution in [-0.4, -0.2) is 34.6 Å². The van der Waals surface area contributed by atoms with Crippen molar-refractivity contribution in [3.05, 3.63) is 11.7 Å². The van der Waals surface area contributed by atoms with E-state index in [0.29, 0.717) is 18.1 Å². The Balaban J connectivity index is 1.94. The van der Waals surface area contributed by atoms with Crippen LogP contribution in [0.2, 0.25) is 0 Å². The van der Waals surface area contributed by atoms with Gasteiger partial charge in [0.2, 0.25) is 5.89 Å². The molecule has 0 bridgehead atoms. The zero-order valence-electron chi connectivity index (χ0n) is 8.43. The molecule has 0 spiro atoms. The molecule has 1 aromatic heterocycles. The van der Waals surface area contributed by atoms with E-state index in [0.717, 1.165) is 19.4 Å². The fourth-order valence-corrected chi connectivity index (χ4v) is 1.58. The third-order valence-electron chi connectivity index (χ3n) is 2.44. The molecule has 6 heteroatoms. The van der Waals surface area contributed by atoms with Crippen molar-refractivity contribution in [3.63, 3.8) is 0 Å². The maximum Gasteiger partial charge on any atom is 0.229 e. The van der Waals surface area contributed by atoms with E-state index in [1.54, 1.807) is 0 Å². The SMILES string of the molecule is NC(CO)c1noc(CC2CCCO2)n1. The quantitative estimate of drug-likeness (QED) is 0.718. The molecule has 15 heavy (non-hydrogen) atoms. The van der Waals surface area contributed by atoms with Crippen LogP contribution in [0.15, 0.2) is 4.52 Å². The molecule has 6 nitrogen and oxygen atoms in total. The summed E-state index contributed by atoms with van der Waals surface area (Å²) in [6, 6.07) is -0.563. The minimum Gasteiger partial charge on any atom is -0.394 e. The molecule has 3 N–H and O–H groups in total. The Labute approximate surface area is 87.4 Å². The van der Waals surface area contributed by atoms with Gasteiger partial charge in [-0.3, -0.25) is 0 Å². The highest BCUT2D eigenvalue weighted by Gasteiger charge is 2.20. The van der Waals surface area contributed by atoms with E-state index in [9.17, 15) is 0 Å². The molecular weight excluding hydrogens is 198 g/mol. The standard InChI is InChI=1S/C9H15N3O3/c10-7(5-13)9-11-8(15-12-9)4-6-2-1-3-14-6/h6-7,13H,1-5,10H2. The maximum atomic E-state index is 8.81. The predicted molar refractivity (Wildman–Crippen MR) is 51.0 cm³/mol. The van der Waals surface area contributed by atoms with Gasteiger partial charge in [0.1, 0.15) is 0 Å². The number of rotatable bonds is 4. The topological polar surface area (TPSA) is 94.4 Å². The van der Waals surface area contributed by atoms with Gasteiger partial charge in [-0.05, 0) is 12.8 Å². The molecule has 1 saturated heterocycles. The molecule has 1 aromatic rings. The molecule has 0 aromatic carbocycles. The van der Waals surface area contributed by atoms with Crippen LogP contribution in [0.3, 0.4) is 0 Å². The largest absolute Gasteiger partial charge is 0.394 e. The molecule has 0 aliphatic carbocycles. The molecule has 0 radical (unpaired) electrons. The summed E-state index contributed by atoms with van der Waals surface area (Å²) in [5, 5.41) is 12.5. The second-order valence-corrected chi connectivity index (χ2v) is 3.67. The van der Waals surface area contributed by atoms with E-state index in [2.05, 4.69) is 10.1 Å². The first kappa shape index (κ1) is 10.5. The summed E-state index contributed by atoms with van der Waals surface area (Å²) in [6.45, 7) is 0.626. The van der Waals surface area contributed by atoms with E-state index >= 15 is 0 Å². The average molecular weight is 213 g/mol. The third-order valence-corrected chi connectivity index (χ3v) is 2.44. The van der Waals surface area contributed by atoms with Gasteiger partial charge in [0.25, 0.3) is 0 Å². The van der Waals surface area contributed by atoms with Crippen molar-refractivity contribution in [2.45, 2.75) is 31.4 Å². The van der Waals surface area contributed by atoms with Gasteiger partial charge in [-0.15, -0.1) is 0 Å². The number of ether oxygens (including phenoxy) is 1. The van der Waals surface area contributed by atoms with Gasteiger partial charge >= 0.3 is 0 Å². The Bertz CT molecular complexity index is 309. The fraction of sp³-hybridized carbons (Fsp3) is 0.778. The van der Waals surface area contributed by atoms with E-state index in [4.69, 9.17) is 20.1 Å². The van der Waals surface area contributed by atoms with Crippen molar-refractivity contribution in [3.8, 4) is 0 Å². The minimum absolute atomic E-state index is 0.182. The lowest BCUT2D eigenvalue weighted by Crippen LogP contribution is -2.16. The Morgan fingerprint density at radius 1 is 1.60 bits per heavy atom. The van der Waals surface area contributed by atoms with Crippen LogP contribution in [0.1, 0.15) is 30.6 Å². The zero-order chi connectivity index (χ0) is 10.7. The van der Waals surface area contributed by atoms with Crippen LogP contribution in [0, 0.1) is 0 Å². The second kappa shape index (κ2) is 4.69. The summed E-state index contributed by atoms with van der Waals surface area (Å²) in [5.41, 5.74) is 5.55. The third kappa shape index (κ3) is 2.53. The monoisotopic (exact) mass is 213 g/mol. The second-order valence-electron chi connectivity index (χ2n) is 3.67. The molecule has 0 saturated carbocycles. The van der Waals surface area contributed by atoms with Crippen LogP contribution < -0.4 is 5.73 Å². The summed E-state index contributed by atoms with van der Waals surface area (Å²) < 4.78 is 10.5. The van der Waals surface area contributed by atoms with Gasteiger partial charge in [-0.2, -0.15) is 4.98 Å². The minimum atomic E-state index is -0.563. The summed E-state index contributed by atoms with van der Waals surface area (Å²) in [6.07, 6.45) is 2.93. The van der Waals surface area contributed by atoms with Gasteiger partial charge in [0.05, 0.1) is 25.2 Å². The number of nitrogens with zero attached hydrogens (tertiary/aromatic N) is 2. The number of hydrogen-bond acceptors (Lipinski definition) is 6. The first-order valence-electron chi connectivity index (χ1n) is 5.10. The lowest BCUT2D eigenvalue weighted by atomic mass is 10.2. The Morgan fingerprint density at radius 3 is 3.13 bits per heavy atom. The van der Waals surface area contributed by atoms with Crippen molar-refractivity contribution < 1.29 is 14.4 Å². The van der Waals surface area contributed by atoms with E-state index in [1.165, 1.54) is 0 Å². The summed E-state index contributed by atoms with van der Waals surface area (Å²) >= 11 is 0. The van der Waals surface area contributed by atoms with Gasteiger partial charge < -0.3 is 20.1 Å². The van der Waals surface area contributed by atoms with Crippen LogP contribution >= 0.6 is 0 Å². The van der Waals surface area contributed by atoms with Gasteiger partial charge in [-0.1, -0.05) is 5.16 Å². The van der Waals surface area contributed by atoms with E-state index < -0.39 is 6.04 Å². The molecule has 0 amide bonds. The Morgan fingerprint density at radius 2 is 2.47 bits per heavy atom. The normalized spacial score (nSPS) is 23.2. The number of hydrogen-bond donors (Lipinski definition) is 2.